The summed E-state index contributed by atoms with van der Waals surface area (Å²) in [5.41, 5.74) is 0.864. The van der Waals surface area contributed by atoms with Crippen molar-refractivity contribution in [2.24, 2.45) is 5.92 Å². The van der Waals surface area contributed by atoms with Crippen LogP contribution in [0.4, 0.5) is 0 Å². The lowest BCUT2D eigenvalue weighted by atomic mass is 9.80. The molecule has 0 aromatic carbocycles. The first-order valence-corrected chi connectivity index (χ1v) is 9.07. The largest absolute Gasteiger partial charge is 0.465 e. The molecule has 2 rings (SSSR count). The highest BCUT2D eigenvalue weighted by molar-refractivity contribution is 7.08. The summed E-state index contributed by atoms with van der Waals surface area (Å²) in [5.74, 6) is -2.46. The van der Waals surface area contributed by atoms with Crippen molar-refractivity contribution >= 4 is 29.1 Å². The topological polar surface area (TPSA) is 63.7 Å². The van der Waals surface area contributed by atoms with Crippen LogP contribution >= 0.6 is 11.3 Å². The van der Waals surface area contributed by atoms with E-state index in [0.717, 1.165) is 24.8 Å². The second-order valence-corrected chi connectivity index (χ2v) is 6.47. The zero-order chi connectivity index (χ0) is 16.8. The van der Waals surface area contributed by atoms with Crippen LogP contribution in [-0.2, 0) is 19.1 Å². The maximum Gasteiger partial charge on any atom is 0.319 e. The van der Waals surface area contributed by atoms with E-state index < -0.39 is 23.7 Å². The van der Waals surface area contributed by atoms with Crippen LogP contribution in [0.2, 0.25) is 0 Å². The van der Waals surface area contributed by atoms with Crippen molar-refractivity contribution in [2.75, 3.05) is 13.2 Å². The summed E-state index contributed by atoms with van der Waals surface area (Å²) in [7, 11) is 0. The number of carbonyl (C=O) groups is 3. The molecule has 5 nitrogen and oxygen atoms in total. The lowest BCUT2D eigenvalue weighted by molar-refractivity contribution is -0.163. The van der Waals surface area contributed by atoms with E-state index in [1.165, 1.54) is 16.2 Å². The summed E-state index contributed by atoms with van der Waals surface area (Å²) in [6, 6.07) is 1.87. The average molecular weight is 337 g/mol. The van der Waals surface area contributed by atoms with Crippen LogP contribution in [0.1, 0.15) is 51.0 Å². The number of unbranched alkanes of at least 4 members (excludes halogenated alkanes) is 2. The van der Waals surface area contributed by atoms with Gasteiger partial charge in [-0.1, -0.05) is 19.8 Å². The minimum absolute atomic E-state index is 0.179. The number of ether oxygens (including phenoxy) is 1. The Labute approximate surface area is 140 Å². The lowest BCUT2D eigenvalue weighted by Crippen LogP contribution is -2.51. The van der Waals surface area contributed by atoms with Gasteiger partial charge in [-0.3, -0.25) is 19.3 Å². The third-order valence-electron chi connectivity index (χ3n) is 4.13. The number of hydrogen-bond acceptors (Lipinski definition) is 5. The molecule has 2 amide bonds. The van der Waals surface area contributed by atoms with Gasteiger partial charge < -0.3 is 4.74 Å². The van der Waals surface area contributed by atoms with Gasteiger partial charge in [0.2, 0.25) is 11.8 Å². The van der Waals surface area contributed by atoms with Gasteiger partial charge in [0.1, 0.15) is 5.92 Å². The van der Waals surface area contributed by atoms with Crippen molar-refractivity contribution in [1.29, 1.82) is 0 Å². The Morgan fingerprint density at radius 2 is 2.13 bits per heavy atom. The molecule has 0 radical (unpaired) electrons. The molecule has 0 bridgehead atoms. The fraction of sp³-hybridized carbons (Fsp3) is 0.588. The molecule has 126 valence electrons. The van der Waals surface area contributed by atoms with Gasteiger partial charge in [-0.05, 0) is 35.7 Å². The Morgan fingerprint density at radius 3 is 2.74 bits per heavy atom. The van der Waals surface area contributed by atoms with E-state index >= 15 is 0 Å². The summed E-state index contributed by atoms with van der Waals surface area (Å²) in [4.78, 5) is 38.7. The molecule has 2 atom stereocenters. The van der Waals surface area contributed by atoms with Gasteiger partial charge >= 0.3 is 5.97 Å². The molecule has 1 aromatic rings. The number of esters is 1. The average Bonchev–Trinajstić information content (AvgIpc) is 3.04. The summed E-state index contributed by atoms with van der Waals surface area (Å²) in [5, 5.41) is 3.78. The first kappa shape index (κ1) is 17.7. The minimum atomic E-state index is -0.913. The molecule has 6 heteroatoms. The maximum atomic E-state index is 12.8. The number of carbonyl (C=O) groups excluding carboxylic acids is 3. The standard InChI is InChI=1S/C17H23NO4S/c1-3-5-6-8-18-14(19)10-13(12-7-9-23-11-12)15(16(18)20)17(21)22-4-2/h7,9,11,13,15H,3-6,8,10H2,1-2H3. The number of thiophene rings is 1. The first-order chi connectivity index (χ1) is 11.1. The maximum absolute atomic E-state index is 12.8. The molecule has 0 aliphatic carbocycles. The van der Waals surface area contributed by atoms with Crippen LogP contribution in [0.3, 0.4) is 0 Å². The van der Waals surface area contributed by atoms with Crippen molar-refractivity contribution in [2.45, 2.75) is 45.4 Å². The quantitative estimate of drug-likeness (QED) is 0.332. The Hall–Kier alpha value is -1.69. The fourth-order valence-electron chi connectivity index (χ4n) is 2.93. The van der Waals surface area contributed by atoms with Gasteiger partial charge in [-0.25, -0.2) is 0 Å². The number of amides is 2. The molecular weight excluding hydrogens is 314 g/mol. The molecule has 0 saturated carbocycles. The number of nitrogens with zero attached hydrogens (tertiary/aromatic N) is 1. The van der Waals surface area contributed by atoms with Gasteiger partial charge in [-0.15, -0.1) is 0 Å². The Balaban J connectivity index is 2.23. The molecule has 1 aromatic heterocycles. The van der Waals surface area contributed by atoms with E-state index in [1.54, 1.807) is 6.92 Å². The smallest absolute Gasteiger partial charge is 0.319 e. The van der Waals surface area contributed by atoms with Gasteiger partial charge in [0.15, 0.2) is 0 Å². The fourth-order valence-corrected chi connectivity index (χ4v) is 3.65. The van der Waals surface area contributed by atoms with E-state index in [0.29, 0.717) is 6.54 Å². The van der Waals surface area contributed by atoms with Crippen molar-refractivity contribution < 1.29 is 19.1 Å². The SMILES string of the molecule is CCCCCN1C(=O)CC(c2ccsc2)C(C(=O)OCC)C1=O. The number of imide groups is 1. The second-order valence-electron chi connectivity index (χ2n) is 5.69. The number of rotatable bonds is 7. The van der Waals surface area contributed by atoms with Gasteiger partial charge in [0.05, 0.1) is 6.61 Å². The monoisotopic (exact) mass is 337 g/mol. The van der Waals surface area contributed by atoms with E-state index in [1.807, 2.05) is 16.8 Å². The molecule has 1 aliphatic rings. The summed E-state index contributed by atoms with van der Waals surface area (Å²) >= 11 is 1.49. The van der Waals surface area contributed by atoms with E-state index in [2.05, 4.69) is 6.92 Å². The van der Waals surface area contributed by atoms with Crippen molar-refractivity contribution in [3.8, 4) is 0 Å². The molecule has 0 spiro atoms. The molecule has 23 heavy (non-hydrogen) atoms. The molecule has 1 saturated heterocycles. The highest BCUT2D eigenvalue weighted by Gasteiger charge is 2.46. The van der Waals surface area contributed by atoms with Crippen LogP contribution in [0.5, 0.6) is 0 Å². The lowest BCUT2D eigenvalue weighted by Gasteiger charge is -2.35. The number of likely N-dealkylation sites (tertiary alicyclic amines) is 1. The van der Waals surface area contributed by atoms with Gasteiger partial charge in [0, 0.05) is 18.9 Å². The minimum Gasteiger partial charge on any atom is -0.465 e. The van der Waals surface area contributed by atoms with Crippen LogP contribution in [0.15, 0.2) is 16.8 Å². The normalized spacial score (nSPS) is 21.6. The third-order valence-corrected chi connectivity index (χ3v) is 4.83. The molecular formula is C17H23NO4S. The predicted molar refractivity (Wildman–Crippen MR) is 88.0 cm³/mol. The first-order valence-electron chi connectivity index (χ1n) is 8.13. The Bertz CT molecular complexity index is 555. The third kappa shape index (κ3) is 3.99. The summed E-state index contributed by atoms with van der Waals surface area (Å²) < 4.78 is 5.09. The highest BCUT2D eigenvalue weighted by Crippen LogP contribution is 2.36. The zero-order valence-electron chi connectivity index (χ0n) is 13.6. The molecule has 1 aliphatic heterocycles. The van der Waals surface area contributed by atoms with Crippen LogP contribution in [0.25, 0.3) is 0 Å². The molecule has 2 unspecified atom stereocenters. The Kier molecular flexibility index (Phi) is 6.33. The zero-order valence-corrected chi connectivity index (χ0v) is 14.4. The van der Waals surface area contributed by atoms with Crippen LogP contribution in [-0.4, -0.2) is 35.8 Å². The molecule has 1 fully saturated rings. The predicted octanol–water partition coefficient (Wildman–Crippen LogP) is 2.96. The van der Waals surface area contributed by atoms with Gasteiger partial charge in [-0.2, -0.15) is 11.3 Å². The second kappa shape index (κ2) is 8.24. The van der Waals surface area contributed by atoms with Gasteiger partial charge in [0.25, 0.3) is 0 Å². The van der Waals surface area contributed by atoms with E-state index in [9.17, 15) is 14.4 Å². The Morgan fingerprint density at radius 1 is 1.35 bits per heavy atom. The van der Waals surface area contributed by atoms with Crippen molar-refractivity contribution in [3.05, 3.63) is 22.4 Å². The molecule has 0 N–H and O–H groups in total. The number of piperidine rings is 1. The van der Waals surface area contributed by atoms with Crippen molar-refractivity contribution in [3.63, 3.8) is 0 Å². The summed E-state index contributed by atoms with van der Waals surface area (Å²) in [6.07, 6.45) is 2.91. The van der Waals surface area contributed by atoms with Crippen LogP contribution < -0.4 is 0 Å². The highest BCUT2D eigenvalue weighted by atomic mass is 32.1. The van der Waals surface area contributed by atoms with E-state index in [4.69, 9.17) is 4.74 Å². The summed E-state index contributed by atoms with van der Waals surface area (Å²) in [6.45, 7) is 4.39. The van der Waals surface area contributed by atoms with Crippen molar-refractivity contribution in [1.82, 2.24) is 4.90 Å². The van der Waals surface area contributed by atoms with E-state index in [-0.39, 0.29) is 18.9 Å². The van der Waals surface area contributed by atoms with Crippen LogP contribution in [0, 0.1) is 5.92 Å². The molecule has 2 heterocycles. The number of hydrogen-bond donors (Lipinski definition) is 0.